The van der Waals surface area contributed by atoms with Crippen LogP contribution in [0.4, 0.5) is 5.69 Å². The molecule has 5 heteroatoms. The van der Waals surface area contributed by atoms with Gasteiger partial charge in [-0.05, 0) is 29.8 Å². The minimum atomic E-state index is -0.671. The number of para-hydroxylation sites is 1. The van der Waals surface area contributed by atoms with Crippen LogP contribution in [0.15, 0.2) is 54.6 Å². The number of anilines is 1. The molecule has 2 aromatic carbocycles. The van der Waals surface area contributed by atoms with Crippen LogP contribution in [-0.2, 0) is 11.3 Å². The van der Waals surface area contributed by atoms with Crippen molar-refractivity contribution in [1.29, 1.82) is 0 Å². The van der Waals surface area contributed by atoms with Gasteiger partial charge in [-0.1, -0.05) is 30.3 Å². The molecule has 1 saturated heterocycles. The largest absolute Gasteiger partial charge is 0.497 e. The molecule has 1 N–H and O–H groups in total. The molecular weight excluding hydrogens is 314 g/mol. The Morgan fingerprint density at radius 1 is 1.16 bits per heavy atom. The Kier molecular flexibility index (Phi) is 5.45. The molecule has 0 aliphatic carbocycles. The fraction of sp³-hybridized carbons (Fsp3) is 0.350. The van der Waals surface area contributed by atoms with E-state index in [0.29, 0.717) is 13.1 Å². The summed E-state index contributed by atoms with van der Waals surface area (Å²) in [5.74, 6) is 0.810. The van der Waals surface area contributed by atoms with Crippen molar-refractivity contribution in [2.75, 3.05) is 44.7 Å². The number of rotatable bonds is 6. The summed E-state index contributed by atoms with van der Waals surface area (Å²) in [4.78, 5) is 16.5. The molecule has 1 heterocycles. The van der Waals surface area contributed by atoms with Crippen molar-refractivity contribution in [3.63, 3.8) is 0 Å². The van der Waals surface area contributed by atoms with Crippen LogP contribution in [-0.4, -0.2) is 50.6 Å². The SMILES string of the molecule is [2H]C(c1ccc(OC)cc1)N(CC(=O)N1CCNCC1)c1ccccc1. The number of nitrogens with one attached hydrogen (secondary N) is 1. The topological polar surface area (TPSA) is 44.8 Å². The molecular formula is C20H25N3O2. The maximum Gasteiger partial charge on any atom is 0.242 e. The zero-order chi connectivity index (χ0) is 18.4. The molecule has 1 amide bonds. The molecule has 1 unspecified atom stereocenters. The predicted molar refractivity (Wildman–Crippen MR) is 99.9 cm³/mol. The van der Waals surface area contributed by atoms with E-state index in [-0.39, 0.29) is 12.5 Å². The highest BCUT2D eigenvalue weighted by Gasteiger charge is 2.19. The molecule has 1 aliphatic rings. The van der Waals surface area contributed by atoms with Gasteiger partial charge in [0.15, 0.2) is 0 Å². The van der Waals surface area contributed by atoms with E-state index in [2.05, 4.69) is 5.32 Å². The molecule has 1 fully saturated rings. The summed E-state index contributed by atoms with van der Waals surface area (Å²) in [7, 11) is 1.62. The first kappa shape index (κ1) is 16.0. The van der Waals surface area contributed by atoms with Gasteiger partial charge in [0.1, 0.15) is 5.75 Å². The summed E-state index contributed by atoms with van der Waals surface area (Å²) >= 11 is 0. The van der Waals surface area contributed by atoms with Crippen LogP contribution in [0.5, 0.6) is 5.75 Å². The summed E-state index contributed by atoms with van der Waals surface area (Å²) in [6.07, 6.45) is 0. The van der Waals surface area contributed by atoms with E-state index in [1.165, 1.54) is 0 Å². The second kappa shape index (κ2) is 8.53. The maximum absolute atomic E-state index is 12.8. The van der Waals surface area contributed by atoms with Gasteiger partial charge in [0.25, 0.3) is 0 Å². The summed E-state index contributed by atoms with van der Waals surface area (Å²) in [6.45, 7) is 2.58. The first-order valence-electron chi connectivity index (χ1n) is 9.13. The van der Waals surface area contributed by atoms with Crippen molar-refractivity contribution < 1.29 is 10.9 Å². The third-order valence-corrected chi connectivity index (χ3v) is 4.28. The summed E-state index contributed by atoms with van der Waals surface area (Å²) in [6, 6.07) is 17.1. The number of carbonyl (C=O) groups is 1. The predicted octanol–water partition coefficient (Wildman–Crippen LogP) is 2.13. The number of ether oxygens (including phenoxy) is 1. The Morgan fingerprint density at radius 3 is 2.48 bits per heavy atom. The maximum atomic E-state index is 12.8. The molecule has 5 nitrogen and oxygen atoms in total. The van der Waals surface area contributed by atoms with Crippen molar-refractivity contribution in [3.05, 3.63) is 60.2 Å². The summed E-state index contributed by atoms with van der Waals surface area (Å²) in [5.41, 5.74) is 1.69. The fourth-order valence-electron chi connectivity index (χ4n) is 2.86. The van der Waals surface area contributed by atoms with Gasteiger partial charge in [0, 0.05) is 38.4 Å². The number of carbonyl (C=O) groups excluding carboxylic acids is 1. The first-order chi connectivity index (χ1) is 12.7. The van der Waals surface area contributed by atoms with Crippen molar-refractivity contribution in [1.82, 2.24) is 10.2 Å². The van der Waals surface area contributed by atoms with E-state index in [0.717, 1.165) is 30.1 Å². The molecule has 0 spiro atoms. The summed E-state index contributed by atoms with van der Waals surface area (Å²) < 4.78 is 13.9. The third kappa shape index (κ3) is 4.73. The number of amides is 1. The average Bonchev–Trinajstić information content (AvgIpc) is 2.72. The average molecular weight is 340 g/mol. The summed E-state index contributed by atoms with van der Waals surface area (Å²) in [5, 5.41) is 3.26. The Bertz CT molecular complexity index is 703. The lowest BCUT2D eigenvalue weighted by Gasteiger charge is -2.31. The van der Waals surface area contributed by atoms with Gasteiger partial charge in [-0.3, -0.25) is 4.79 Å². The van der Waals surface area contributed by atoms with Crippen LogP contribution >= 0.6 is 0 Å². The minimum Gasteiger partial charge on any atom is -0.497 e. The van der Waals surface area contributed by atoms with Gasteiger partial charge < -0.3 is 19.9 Å². The standard InChI is InChI=1S/C20H25N3O2/c1-25-19-9-7-17(8-10-19)15-23(18-5-3-2-4-6-18)16-20(24)22-13-11-21-12-14-22/h2-10,21H,11-16H2,1H3/i15D. The fourth-order valence-corrected chi connectivity index (χ4v) is 2.86. The van der Waals surface area contributed by atoms with Gasteiger partial charge in [0.2, 0.25) is 5.91 Å². The molecule has 132 valence electrons. The molecule has 0 radical (unpaired) electrons. The van der Waals surface area contributed by atoms with Gasteiger partial charge >= 0.3 is 0 Å². The van der Waals surface area contributed by atoms with Crippen molar-refractivity contribution in [3.8, 4) is 5.75 Å². The third-order valence-electron chi connectivity index (χ3n) is 4.28. The molecule has 0 saturated carbocycles. The number of methoxy groups -OCH3 is 1. The van der Waals surface area contributed by atoms with E-state index < -0.39 is 6.52 Å². The lowest BCUT2D eigenvalue weighted by molar-refractivity contribution is -0.130. The van der Waals surface area contributed by atoms with Crippen LogP contribution in [0.25, 0.3) is 0 Å². The monoisotopic (exact) mass is 340 g/mol. The van der Waals surface area contributed by atoms with Crippen LogP contribution in [0.2, 0.25) is 0 Å². The number of hydrogen-bond acceptors (Lipinski definition) is 4. The highest BCUT2D eigenvalue weighted by molar-refractivity contribution is 5.81. The highest BCUT2D eigenvalue weighted by atomic mass is 16.5. The van der Waals surface area contributed by atoms with Crippen LogP contribution in [0.3, 0.4) is 0 Å². The number of piperazine rings is 1. The van der Waals surface area contributed by atoms with Gasteiger partial charge in [0.05, 0.1) is 15.0 Å². The molecule has 0 aromatic heterocycles. The second-order valence-corrected chi connectivity index (χ2v) is 6.00. The van der Waals surface area contributed by atoms with Crippen molar-refractivity contribution in [2.24, 2.45) is 0 Å². The van der Waals surface area contributed by atoms with Gasteiger partial charge in [-0.2, -0.15) is 0 Å². The van der Waals surface area contributed by atoms with Crippen LogP contribution in [0.1, 0.15) is 6.93 Å². The van der Waals surface area contributed by atoms with Gasteiger partial charge in [-0.15, -0.1) is 0 Å². The zero-order valence-corrected chi connectivity index (χ0v) is 14.5. The smallest absolute Gasteiger partial charge is 0.242 e. The molecule has 25 heavy (non-hydrogen) atoms. The van der Waals surface area contributed by atoms with Crippen molar-refractivity contribution in [2.45, 2.75) is 6.52 Å². The van der Waals surface area contributed by atoms with E-state index in [4.69, 9.17) is 6.11 Å². The van der Waals surface area contributed by atoms with Crippen LogP contribution < -0.4 is 15.0 Å². The van der Waals surface area contributed by atoms with E-state index in [1.54, 1.807) is 7.11 Å². The molecule has 1 aliphatic heterocycles. The van der Waals surface area contributed by atoms with Crippen molar-refractivity contribution >= 4 is 11.6 Å². The Hall–Kier alpha value is -2.53. The number of hydrogen-bond donors (Lipinski definition) is 1. The molecule has 1 atom stereocenters. The highest BCUT2D eigenvalue weighted by Crippen LogP contribution is 2.19. The lowest BCUT2D eigenvalue weighted by atomic mass is 10.2. The molecule has 2 aromatic rings. The Balaban J connectivity index is 1.81. The Labute approximate surface area is 150 Å². The van der Waals surface area contributed by atoms with Gasteiger partial charge in [-0.25, -0.2) is 0 Å². The minimum absolute atomic E-state index is 0.0566. The second-order valence-electron chi connectivity index (χ2n) is 6.00. The number of nitrogens with zero attached hydrogens (tertiary/aromatic N) is 2. The Morgan fingerprint density at radius 2 is 1.84 bits per heavy atom. The van der Waals surface area contributed by atoms with E-state index in [9.17, 15) is 4.79 Å². The lowest BCUT2D eigenvalue weighted by Crippen LogP contribution is -2.49. The number of benzene rings is 2. The molecule has 3 rings (SSSR count). The zero-order valence-electron chi connectivity index (χ0n) is 15.5. The van der Waals surface area contributed by atoms with Crippen LogP contribution in [0, 0.1) is 0 Å². The molecule has 0 bridgehead atoms. The van der Waals surface area contributed by atoms with E-state index in [1.807, 2.05) is 64.4 Å². The normalized spacial score (nSPS) is 16.0. The first-order valence-corrected chi connectivity index (χ1v) is 8.55. The van der Waals surface area contributed by atoms with E-state index >= 15 is 0 Å². The quantitative estimate of drug-likeness (QED) is 0.875.